The zero-order valence-corrected chi connectivity index (χ0v) is 10.6. The van der Waals surface area contributed by atoms with E-state index in [1.54, 1.807) is 0 Å². The average Bonchev–Trinajstić information content (AvgIpc) is 2.61. The second-order valence-corrected chi connectivity index (χ2v) is 4.75. The predicted molar refractivity (Wildman–Crippen MR) is 69.1 cm³/mol. The van der Waals surface area contributed by atoms with Crippen LogP contribution in [0.5, 0.6) is 5.75 Å². The van der Waals surface area contributed by atoms with Crippen molar-refractivity contribution in [3.8, 4) is 5.75 Å². The van der Waals surface area contributed by atoms with E-state index >= 15 is 0 Å². The molecule has 0 spiro atoms. The summed E-state index contributed by atoms with van der Waals surface area (Å²) < 4.78 is 6.12. The van der Waals surface area contributed by atoms with Crippen LogP contribution in [0.4, 0.5) is 0 Å². The predicted octanol–water partition coefficient (Wildman–Crippen LogP) is 2.90. The molecule has 1 aromatic heterocycles. The summed E-state index contributed by atoms with van der Waals surface area (Å²) in [6.07, 6.45) is 11.7. The Balaban J connectivity index is 2.00. The molecular formula is C14H22N2O. The van der Waals surface area contributed by atoms with Crippen LogP contribution < -0.4 is 10.1 Å². The van der Waals surface area contributed by atoms with Crippen molar-refractivity contribution >= 4 is 0 Å². The highest BCUT2D eigenvalue weighted by molar-refractivity contribution is 5.29. The van der Waals surface area contributed by atoms with Gasteiger partial charge in [-0.25, -0.2) is 0 Å². The Morgan fingerprint density at radius 1 is 1.29 bits per heavy atom. The van der Waals surface area contributed by atoms with E-state index in [1.165, 1.54) is 44.1 Å². The maximum Gasteiger partial charge on any atom is 0.142 e. The van der Waals surface area contributed by atoms with Gasteiger partial charge in [0.05, 0.1) is 12.3 Å². The van der Waals surface area contributed by atoms with Crippen molar-refractivity contribution in [2.75, 3.05) is 7.05 Å². The molecule has 1 aromatic rings. The summed E-state index contributed by atoms with van der Waals surface area (Å²) in [5, 5.41) is 3.17. The van der Waals surface area contributed by atoms with Gasteiger partial charge in [0.15, 0.2) is 0 Å². The van der Waals surface area contributed by atoms with Gasteiger partial charge in [-0.2, -0.15) is 0 Å². The van der Waals surface area contributed by atoms with Crippen LogP contribution in [0.25, 0.3) is 0 Å². The van der Waals surface area contributed by atoms with Gasteiger partial charge in [-0.3, -0.25) is 4.98 Å². The number of aromatic nitrogens is 1. The Kier molecular flexibility index (Phi) is 4.80. The average molecular weight is 234 g/mol. The molecular weight excluding hydrogens is 212 g/mol. The van der Waals surface area contributed by atoms with Crippen LogP contribution in [0, 0.1) is 0 Å². The molecule has 0 aliphatic heterocycles. The van der Waals surface area contributed by atoms with E-state index in [1.807, 2.05) is 25.5 Å². The maximum absolute atomic E-state index is 6.12. The van der Waals surface area contributed by atoms with Gasteiger partial charge in [-0.15, -0.1) is 0 Å². The number of hydrogen-bond donors (Lipinski definition) is 1. The standard InChI is InChI=1S/C14H22N2O/c1-15-10-12-8-9-16-11-14(12)17-13-6-4-2-3-5-7-13/h8-9,11,13,15H,2-7,10H2,1H3. The Morgan fingerprint density at radius 2 is 2.06 bits per heavy atom. The summed E-state index contributed by atoms with van der Waals surface area (Å²) in [5.41, 5.74) is 1.20. The van der Waals surface area contributed by atoms with Crippen molar-refractivity contribution in [3.63, 3.8) is 0 Å². The molecule has 1 N–H and O–H groups in total. The lowest BCUT2D eigenvalue weighted by Crippen LogP contribution is -2.17. The molecule has 2 rings (SSSR count). The normalized spacial score (nSPS) is 17.7. The van der Waals surface area contributed by atoms with Crippen molar-refractivity contribution in [3.05, 3.63) is 24.0 Å². The lowest BCUT2D eigenvalue weighted by Gasteiger charge is -2.18. The Morgan fingerprint density at radius 3 is 2.76 bits per heavy atom. The highest BCUT2D eigenvalue weighted by Gasteiger charge is 2.15. The topological polar surface area (TPSA) is 34.2 Å². The Bertz CT molecular complexity index is 333. The van der Waals surface area contributed by atoms with Gasteiger partial charge in [0.25, 0.3) is 0 Å². The highest BCUT2D eigenvalue weighted by atomic mass is 16.5. The summed E-state index contributed by atoms with van der Waals surface area (Å²) in [4.78, 5) is 4.16. The van der Waals surface area contributed by atoms with Crippen LogP contribution in [-0.4, -0.2) is 18.1 Å². The molecule has 1 aliphatic rings. The summed E-state index contributed by atoms with van der Waals surface area (Å²) in [5.74, 6) is 0.953. The molecule has 17 heavy (non-hydrogen) atoms. The largest absolute Gasteiger partial charge is 0.488 e. The molecule has 3 nitrogen and oxygen atoms in total. The fourth-order valence-electron chi connectivity index (χ4n) is 2.39. The third-order valence-electron chi connectivity index (χ3n) is 3.33. The minimum atomic E-state index is 0.386. The van der Waals surface area contributed by atoms with E-state index < -0.39 is 0 Å². The molecule has 1 heterocycles. The first kappa shape index (κ1) is 12.4. The third kappa shape index (κ3) is 3.70. The second-order valence-electron chi connectivity index (χ2n) is 4.75. The minimum absolute atomic E-state index is 0.386. The van der Waals surface area contributed by atoms with E-state index in [9.17, 15) is 0 Å². The van der Waals surface area contributed by atoms with Gasteiger partial charge in [0, 0.05) is 18.3 Å². The number of nitrogens with one attached hydrogen (secondary N) is 1. The van der Waals surface area contributed by atoms with Gasteiger partial charge < -0.3 is 10.1 Å². The summed E-state index contributed by atoms with van der Waals surface area (Å²) in [7, 11) is 1.95. The third-order valence-corrected chi connectivity index (χ3v) is 3.33. The van der Waals surface area contributed by atoms with Crippen LogP contribution in [0.1, 0.15) is 44.1 Å². The first-order chi connectivity index (χ1) is 8.40. The minimum Gasteiger partial charge on any atom is -0.488 e. The van der Waals surface area contributed by atoms with Gasteiger partial charge in [-0.05, 0) is 38.8 Å². The van der Waals surface area contributed by atoms with Crippen LogP contribution in [-0.2, 0) is 6.54 Å². The first-order valence-corrected chi connectivity index (χ1v) is 6.64. The number of pyridine rings is 1. The zero-order chi connectivity index (χ0) is 11.9. The zero-order valence-electron chi connectivity index (χ0n) is 10.6. The van der Waals surface area contributed by atoms with Gasteiger partial charge in [0.2, 0.25) is 0 Å². The molecule has 0 radical (unpaired) electrons. The maximum atomic E-state index is 6.12. The molecule has 3 heteroatoms. The van der Waals surface area contributed by atoms with E-state index in [0.717, 1.165) is 12.3 Å². The van der Waals surface area contributed by atoms with E-state index in [-0.39, 0.29) is 0 Å². The number of rotatable bonds is 4. The lowest BCUT2D eigenvalue weighted by atomic mass is 10.1. The Labute approximate surface area is 104 Å². The van der Waals surface area contributed by atoms with E-state index in [2.05, 4.69) is 10.3 Å². The van der Waals surface area contributed by atoms with E-state index in [0.29, 0.717) is 6.10 Å². The molecule has 1 saturated carbocycles. The number of nitrogens with zero attached hydrogens (tertiary/aromatic N) is 1. The van der Waals surface area contributed by atoms with Crippen molar-refractivity contribution in [2.45, 2.75) is 51.2 Å². The van der Waals surface area contributed by atoms with Crippen LogP contribution in [0.15, 0.2) is 18.5 Å². The van der Waals surface area contributed by atoms with Crippen LogP contribution in [0.2, 0.25) is 0 Å². The fraction of sp³-hybridized carbons (Fsp3) is 0.643. The quantitative estimate of drug-likeness (QED) is 0.813. The van der Waals surface area contributed by atoms with Gasteiger partial charge >= 0.3 is 0 Å². The molecule has 0 atom stereocenters. The van der Waals surface area contributed by atoms with Crippen LogP contribution in [0.3, 0.4) is 0 Å². The van der Waals surface area contributed by atoms with E-state index in [4.69, 9.17) is 4.74 Å². The van der Waals surface area contributed by atoms with Crippen molar-refractivity contribution in [1.29, 1.82) is 0 Å². The van der Waals surface area contributed by atoms with Gasteiger partial charge in [-0.1, -0.05) is 12.8 Å². The van der Waals surface area contributed by atoms with Crippen molar-refractivity contribution in [1.82, 2.24) is 10.3 Å². The molecule has 1 aliphatic carbocycles. The fourth-order valence-corrected chi connectivity index (χ4v) is 2.39. The number of hydrogen-bond acceptors (Lipinski definition) is 3. The molecule has 0 bridgehead atoms. The summed E-state index contributed by atoms with van der Waals surface area (Å²) in [6, 6.07) is 2.03. The molecule has 0 aromatic carbocycles. The first-order valence-electron chi connectivity index (χ1n) is 6.64. The highest BCUT2D eigenvalue weighted by Crippen LogP contribution is 2.24. The molecule has 0 amide bonds. The SMILES string of the molecule is CNCc1ccncc1OC1CCCCCC1. The summed E-state index contributed by atoms with van der Waals surface area (Å²) in [6.45, 7) is 0.838. The van der Waals surface area contributed by atoms with Crippen molar-refractivity contribution in [2.24, 2.45) is 0 Å². The monoisotopic (exact) mass is 234 g/mol. The molecule has 1 fully saturated rings. The summed E-state index contributed by atoms with van der Waals surface area (Å²) >= 11 is 0. The molecule has 94 valence electrons. The lowest BCUT2D eigenvalue weighted by molar-refractivity contribution is 0.181. The molecule has 0 saturated heterocycles. The number of ether oxygens (including phenoxy) is 1. The Hall–Kier alpha value is -1.09. The molecule has 0 unspecified atom stereocenters. The smallest absolute Gasteiger partial charge is 0.142 e. The second kappa shape index (κ2) is 6.60. The van der Waals surface area contributed by atoms with Crippen molar-refractivity contribution < 1.29 is 4.74 Å². The van der Waals surface area contributed by atoms with Crippen LogP contribution >= 0.6 is 0 Å². The van der Waals surface area contributed by atoms with Gasteiger partial charge in [0.1, 0.15) is 5.75 Å².